The molecule has 0 amide bonds. The summed E-state index contributed by atoms with van der Waals surface area (Å²) < 4.78 is 0. The number of nitrogens with zero attached hydrogens (tertiary/aromatic N) is 3. The van der Waals surface area contributed by atoms with Crippen molar-refractivity contribution >= 4 is 29.1 Å². The number of thiazole rings is 1. The number of allylic oxidation sites excluding steroid dienone is 1. The van der Waals surface area contributed by atoms with Crippen LogP contribution in [0.4, 0.5) is 0 Å². The molecule has 28 heavy (non-hydrogen) atoms. The molecule has 0 unspecified atom stereocenters. The van der Waals surface area contributed by atoms with Crippen LogP contribution < -0.4 is 11.5 Å². The molecule has 3 aromatic rings. The van der Waals surface area contributed by atoms with Crippen LogP contribution in [0.15, 0.2) is 53.3 Å². The highest BCUT2D eigenvalue weighted by atomic mass is 32.1. The Kier molecular flexibility index (Phi) is 5.65. The van der Waals surface area contributed by atoms with Crippen molar-refractivity contribution in [1.29, 1.82) is 5.41 Å². The van der Waals surface area contributed by atoms with E-state index in [1.165, 1.54) is 11.3 Å². The maximum atomic E-state index is 7.27. The molecule has 3 rings (SSSR count). The number of nitrogens with one attached hydrogen (secondary N) is 1. The van der Waals surface area contributed by atoms with E-state index in [1.54, 1.807) is 6.20 Å². The lowest BCUT2D eigenvalue weighted by molar-refractivity contribution is 1.21. The highest BCUT2D eigenvalue weighted by molar-refractivity contribution is 7.15. The van der Waals surface area contributed by atoms with Crippen molar-refractivity contribution in [3.8, 4) is 11.3 Å². The fraction of sp³-hybridized carbons (Fsp3) is 0.143. The Morgan fingerprint density at radius 2 is 1.86 bits per heavy atom. The molecule has 142 valence electrons. The Bertz CT molecular complexity index is 1060. The van der Waals surface area contributed by atoms with E-state index in [2.05, 4.69) is 28.2 Å². The molecule has 0 fully saturated rings. The second-order valence-corrected chi connectivity index (χ2v) is 7.49. The van der Waals surface area contributed by atoms with Crippen LogP contribution >= 0.6 is 11.3 Å². The molecule has 6 nitrogen and oxygen atoms in total. The van der Waals surface area contributed by atoms with Gasteiger partial charge < -0.3 is 11.5 Å². The molecule has 1 aromatic carbocycles. The van der Waals surface area contributed by atoms with E-state index in [4.69, 9.17) is 21.9 Å². The first-order valence-corrected chi connectivity index (χ1v) is 9.52. The van der Waals surface area contributed by atoms with Crippen LogP contribution in [0.1, 0.15) is 33.6 Å². The Hall–Kier alpha value is -3.32. The normalized spacial score (nSPS) is 12.6. The van der Waals surface area contributed by atoms with E-state index in [1.807, 2.05) is 39.0 Å². The number of hydrogen-bond acceptors (Lipinski definition) is 5. The number of aryl methyl sites for hydroxylation is 2. The molecule has 0 aliphatic heterocycles. The number of nitrogens with two attached hydrogens (primary N) is 2. The zero-order valence-electron chi connectivity index (χ0n) is 16.0. The van der Waals surface area contributed by atoms with Gasteiger partial charge in [0.15, 0.2) is 0 Å². The molecule has 7 heteroatoms. The van der Waals surface area contributed by atoms with E-state index in [0.717, 1.165) is 40.0 Å². The van der Waals surface area contributed by atoms with Gasteiger partial charge in [-0.2, -0.15) is 0 Å². The molecule has 0 saturated carbocycles. The van der Waals surface area contributed by atoms with Gasteiger partial charge in [-0.25, -0.2) is 9.98 Å². The van der Waals surface area contributed by atoms with Crippen LogP contribution in [0.3, 0.4) is 0 Å². The fourth-order valence-corrected chi connectivity index (χ4v) is 4.14. The summed E-state index contributed by atoms with van der Waals surface area (Å²) >= 11 is 1.40. The Labute approximate surface area is 168 Å². The highest BCUT2D eigenvalue weighted by Gasteiger charge is 2.21. The topological polar surface area (TPSA) is 114 Å². The summed E-state index contributed by atoms with van der Waals surface area (Å²) in [5.74, 6) is 0.253. The molecule has 0 radical (unpaired) electrons. The molecule has 5 N–H and O–H groups in total. The summed E-state index contributed by atoms with van der Waals surface area (Å²) in [5.41, 5.74) is 18.4. The van der Waals surface area contributed by atoms with Crippen LogP contribution in [-0.2, 0) is 0 Å². The number of aliphatic imine (C=N–C) groups is 1. The van der Waals surface area contributed by atoms with Gasteiger partial charge in [-0.1, -0.05) is 23.3 Å². The molecule has 0 aliphatic carbocycles. The minimum atomic E-state index is 0.253. The van der Waals surface area contributed by atoms with E-state index in [0.29, 0.717) is 15.6 Å². The van der Waals surface area contributed by atoms with Gasteiger partial charge in [0.2, 0.25) is 0 Å². The predicted octanol–water partition coefficient (Wildman–Crippen LogP) is 3.87. The van der Waals surface area contributed by atoms with Crippen molar-refractivity contribution in [2.45, 2.75) is 20.8 Å². The molecule has 0 bridgehead atoms. The summed E-state index contributed by atoms with van der Waals surface area (Å²) in [6.45, 7) is 5.92. The van der Waals surface area contributed by atoms with E-state index in [9.17, 15) is 0 Å². The first-order chi connectivity index (χ1) is 13.4. The summed E-state index contributed by atoms with van der Waals surface area (Å²) in [6.07, 6.45) is 2.66. The van der Waals surface area contributed by atoms with Crippen molar-refractivity contribution < 1.29 is 0 Å². The molecular weight excluding hydrogens is 368 g/mol. The number of amidine groups is 1. The average Bonchev–Trinajstić information content (AvgIpc) is 3.07. The van der Waals surface area contributed by atoms with Crippen molar-refractivity contribution in [1.82, 2.24) is 9.97 Å². The number of pyridine rings is 1. The lowest BCUT2D eigenvalue weighted by Crippen LogP contribution is -2.12. The van der Waals surface area contributed by atoms with Gasteiger partial charge in [-0.05, 0) is 45.0 Å². The highest BCUT2D eigenvalue weighted by Crippen LogP contribution is 2.35. The maximum absolute atomic E-state index is 7.27. The lowest BCUT2D eigenvalue weighted by Gasteiger charge is -2.06. The average molecular weight is 391 g/mol. The van der Waals surface area contributed by atoms with E-state index in [-0.39, 0.29) is 5.84 Å². The zero-order valence-corrected chi connectivity index (χ0v) is 16.8. The minimum Gasteiger partial charge on any atom is -0.402 e. The predicted molar refractivity (Wildman–Crippen MR) is 117 cm³/mol. The van der Waals surface area contributed by atoms with Gasteiger partial charge in [-0.3, -0.25) is 10.4 Å². The van der Waals surface area contributed by atoms with E-state index >= 15 is 0 Å². The smallest absolute Gasteiger partial charge is 0.144 e. The van der Waals surface area contributed by atoms with E-state index < -0.39 is 0 Å². The summed E-state index contributed by atoms with van der Waals surface area (Å²) in [7, 11) is 0. The molecule has 2 heterocycles. The maximum Gasteiger partial charge on any atom is 0.144 e. The monoisotopic (exact) mass is 390 g/mol. The number of rotatable bonds is 5. The van der Waals surface area contributed by atoms with Crippen molar-refractivity contribution in [3.63, 3.8) is 0 Å². The molecule has 2 aromatic heterocycles. The number of hydrogen-bond donors (Lipinski definition) is 3. The Morgan fingerprint density at radius 1 is 1.14 bits per heavy atom. The van der Waals surface area contributed by atoms with Crippen molar-refractivity contribution in [3.05, 3.63) is 75.0 Å². The summed E-state index contributed by atoms with van der Waals surface area (Å²) in [5, 5.41) is 7.99. The quantitative estimate of drug-likeness (QED) is 0.453. The number of aromatic nitrogens is 2. The van der Waals surface area contributed by atoms with Crippen LogP contribution in [-0.4, -0.2) is 22.1 Å². The largest absolute Gasteiger partial charge is 0.402 e. The first kappa shape index (κ1) is 19.4. The van der Waals surface area contributed by atoms with Gasteiger partial charge in [0, 0.05) is 17.5 Å². The van der Waals surface area contributed by atoms with Gasteiger partial charge in [-0.15, -0.1) is 11.3 Å². The Morgan fingerprint density at radius 3 is 2.43 bits per heavy atom. The van der Waals surface area contributed by atoms with Crippen LogP contribution in [0.5, 0.6) is 0 Å². The minimum absolute atomic E-state index is 0.253. The standard InChI is InChI=1S/C21H22N6S/c1-12-8-13(2)10-15(9-12)18-19(20(24)26-11-22)28-21(27-18)17(14(3)23)16-6-4-5-7-25-16/h4-11H,23H2,1-3H3,(H3,22,24,26). The third-order valence-electron chi connectivity index (χ3n) is 4.09. The van der Waals surface area contributed by atoms with Gasteiger partial charge in [0.1, 0.15) is 17.2 Å². The molecule has 0 aliphatic rings. The molecule has 0 spiro atoms. The SMILES string of the molecule is CC(N)=C(c1ccccn1)c1nc(-c2cc(C)cc(C)c2)c(C(N)=NC=N)s1. The third-order valence-corrected chi connectivity index (χ3v) is 5.18. The molecule has 0 saturated heterocycles. The lowest BCUT2D eigenvalue weighted by atomic mass is 10.0. The zero-order chi connectivity index (χ0) is 20.3. The molecular formula is C21H22N6S. The van der Waals surface area contributed by atoms with Gasteiger partial charge >= 0.3 is 0 Å². The van der Waals surface area contributed by atoms with Crippen molar-refractivity contribution in [2.75, 3.05) is 0 Å². The van der Waals surface area contributed by atoms with Crippen LogP contribution in [0.2, 0.25) is 0 Å². The second kappa shape index (κ2) is 8.14. The third kappa shape index (κ3) is 3.99. The second-order valence-electron chi connectivity index (χ2n) is 6.49. The first-order valence-electron chi connectivity index (χ1n) is 8.71. The van der Waals surface area contributed by atoms with Crippen molar-refractivity contribution in [2.24, 2.45) is 16.5 Å². The fourth-order valence-electron chi connectivity index (χ4n) is 3.03. The van der Waals surface area contributed by atoms with Gasteiger partial charge in [0.05, 0.1) is 21.8 Å². The van der Waals surface area contributed by atoms with Gasteiger partial charge in [0.25, 0.3) is 0 Å². The molecule has 0 atom stereocenters. The van der Waals surface area contributed by atoms with Crippen LogP contribution in [0, 0.1) is 19.3 Å². The van der Waals surface area contributed by atoms with Crippen LogP contribution in [0.25, 0.3) is 16.8 Å². The summed E-state index contributed by atoms with van der Waals surface area (Å²) in [4.78, 5) is 14.0. The Balaban J connectivity index is 2.26. The summed E-state index contributed by atoms with van der Waals surface area (Å²) in [6, 6.07) is 11.9. The number of benzene rings is 1.